The molecule has 9 nitrogen and oxygen atoms in total. The van der Waals surface area contributed by atoms with Crippen molar-refractivity contribution in [3.8, 4) is 0 Å². The Balaban J connectivity index is 2.05. The maximum absolute atomic E-state index is 14.0. The van der Waals surface area contributed by atoms with Gasteiger partial charge in [-0.25, -0.2) is 14.0 Å². The van der Waals surface area contributed by atoms with Gasteiger partial charge in [-0.15, -0.1) is 0 Å². The molecule has 0 unspecified atom stereocenters. The van der Waals surface area contributed by atoms with Gasteiger partial charge in [0.05, 0.1) is 6.54 Å². The zero-order valence-corrected chi connectivity index (χ0v) is 17.6. The van der Waals surface area contributed by atoms with E-state index < -0.39 is 35.4 Å². The molecular weight excluding hydrogens is 450 g/mol. The zero-order chi connectivity index (χ0) is 24.5. The smallest absolute Gasteiger partial charge is 0.436 e. The summed E-state index contributed by atoms with van der Waals surface area (Å²) in [4.78, 5) is 38.2. The lowest BCUT2D eigenvalue weighted by Gasteiger charge is -2.34. The molecule has 180 valence electrons. The van der Waals surface area contributed by atoms with Crippen LogP contribution in [0.15, 0.2) is 33.9 Å². The van der Waals surface area contributed by atoms with Gasteiger partial charge in [-0.05, 0) is 30.5 Å². The fourth-order valence-corrected chi connectivity index (χ4v) is 3.69. The summed E-state index contributed by atoms with van der Waals surface area (Å²) in [6, 6.07) is 4.03. The first-order valence-electron chi connectivity index (χ1n) is 10.0. The van der Waals surface area contributed by atoms with Gasteiger partial charge >= 0.3 is 17.8 Å². The van der Waals surface area contributed by atoms with Crippen LogP contribution in [-0.2, 0) is 23.1 Å². The Labute approximate surface area is 185 Å². The van der Waals surface area contributed by atoms with Gasteiger partial charge in [-0.2, -0.15) is 13.2 Å². The number of esters is 1. The first-order chi connectivity index (χ1) is 15.4. The van der Waals surface area contributed by atoms with E-state index >= 15 is 0 Å². The molecule has 0 bridgehead atoms. The van der Waals surface area contributed by atoms with E-state index in [0.29, 0.717) is 19.5 Å². The molecule has 33 heavy (non-hydrogen) atoms. The quantitative estimate of drug-likeness (QED) is 0.373. The maximum atomic E-state index is 14.0. The molecule has 3 rings (SSSR count). The average molecular weight is 473 g/mol. The first kappa shape index (κ1) is 24.5. The van der Waals surface area contributed by atoms with Crippen molar-refractivity contribution in [2.75, 3.05) is 18.0 Å². The van der Waals surface area contributed by atoms with Gasteiger partial charge in [0.2, 0.25) is 0 Å². The van der Waals surface area contributed by atoms with E-state index in [4.69, 9.17) is 11.5 Å². The van der Waals surface area contributed by atoms with Crippen molar-refractivity contribution < 1.29 is 27.1 Å². The summed E-state index contributed by atoms with van der Waals surface area (Å²) in [6.45, 7) is 0.530. The predicted octanol–water partition coefficient (Wildman–Crippen LogP) is 0.725. The van der Waals surface area contributed by atoms with Gasteiger partial charge in [0.25, 0.3) is 5.56 Å². The Morgan fingerprint density at radius 3 is 2.61 bits per heavy atom. The van der Waals surface area contributed by atoms with E-state index in [9.17, 15) is 31.9 Å². The first-order valence-corrected chi connectivity index (χ1v) is 10.0. The van der Waals surface area contributed by atoms with Crippen LogP contribution in [0.3, 0.4) is 0 Å². The van der Waals surface area contributed by atoms with Crippen LogP contribution in [0.1, 0.15) is 30.2 Å². The molecule has 1 saturated heterocycles. The topological polar surface area (TPSA) is 126 Å². The molecule has 2 aromatic rings. The number of carbonyl (C=O) groups excluding carboxylic acids is 1. The third kappa shape index (κ3) is 5.42. The Kier molecular flexibility index (Phi) is 6.93. The van der Waals surface area contributed by atoms with Crippen molar-refractivity contribution in [1.29, 1.82) is 0 Å². The molecular formula is C20H23F4N5O4. The number of benzene rings is 1. The molecule has 2 atom stereocenters. The number of alkyl halides is 3. The van der Waals surface area contributed by atoms with E-state index in [1.807, 2.05) is 0 Å². The Morgan fingerprint density at radius 1 is 1.27 bits per heavy atom. The van der Waals surface area contributed by atoms with E-state index in [0.717, 1.165) is 29.2 Å². The molecule has 1 fully saturated rings. The molecule has 1 aromatic carbocycles. The molecule has 0 spiro atoms. The second-order valence-corrected chi connectivity index (χ2v) is 7.78. The number of nitrogens with two attached hydrogens (primary N) is 2. The Bertz CT molecular complexity index is 1160. The summed E-state index contributed by atoms with van der Waals surface area (Å²) in [6.07, 6.45) is -5.66. The molecule has 1 aromatic heterocycles. The second kappa shape index (κ2) is 9.35. The van der Waals surface area contributed by atoms with Crippen LogP contribution >= 0.6 is 0 Å². The molecule has 0 amide bonds. The van der Waals surface area contributed by atoms with Crippen molar-refractivity contribution in [2.24, 2.45) is 18.5 Å². The van der Waals surface area contributed by atoms with Crippen LogP contribution in [0.4, 0.5) is 23.4 Å². The summed E-state index contributed by atoms with van der Waals surface area (Å²) < 4.78 is 58.0. The van der Waals surface area contributed by atoms with Gasteiger partial charge in [0.1, 0.15) is 11.6 Å². The number of hydrogen-bond acceptors (Lipinski definition) is 7. The summed E-state index contributed by atoms with van der Waals surface area (Å²) in [5.41, 5.74) is 10.2. The van der Waals surface area contributed by atoms with Gasteiger partial charge in [-0.3, -0.25) is 19.7 Å². The molecule has 1 aliphatic rings. The number of aromatic nitrogens is 2. The van der Waals surface area contributed by atoms with Gasteiger partial charge in [0, 0.05) is 37.8 Å². The summed E-state index contributed by atoms with van der Waals surface area (Å²) in [5, 5.41) is 0. The third-order valence-electron chi connectivity index (χ3n) is 5.36. The molecule has 2 heterocycles. The number of nitrogens with zero attached hydrogens (tertiary/aromatic N) is 3. The predicted molar refractivity (Wildman–Crippen MR) is 110 cm³/mol. The van der Waals surface area contributed by atoms with Crippen LogP contribution in [0, 0.1) is 5.82 Å². The number of hydrogen-bond donors (Lipinski definition) is 2. The van der Waals surface area contributed by atoms with Crippen molar-refractivity contribution in [3.63, 3.8) is 0 Å². The highest BCUT2D eigenvalue weighted by atomic mass is 19.4. The zero-order valence-electron chi connectivity index (χ0n) is 17.6. The fraction of sp³-hybridized carbons (Fsp3) is 0.450. The number of carbonyl (C=O) groups is 1. The molecule has 0 aliphatic carbocycles. The summed E-state index contributed by atoms with van der Waals surface area (Å²) in [7, 11) is 1.26. The van der Waals surface area contributed by atoms with E-state index in [-0.39, 0.29) is 29.5 Å². The highest BCUT2D eigenvalue weighted by Gasteiger charge is 2.42. The van der Waals surface area contributed by atoms with Gasteiger partial charge in [0.15, 0.2) is 6.23 Å². The average Bonchev–Trinajstić information content (AvgIpc) is 2.73. The van der Waals surface area contributed by atoms with E-state index in [2.05, 4.69) is 4.74 Å². The number of anilines is 1. The third-order valence-corrected chi connectivity index (χ3v) is 5.36. The van der Waals surface area contributed by atoms with Crippen LogP contribution in [0.25, 0.3) is 0 Å². The largest absolute Gasteiger partial charge is 0.490 e. The minimum Gasteiger partial charge on any atom is -0.436 e. The minimum absolute atomic E-state index is 0.000723. The summed E-state index contributed by atoms with van der Waals surface area (Å²) in [5.74, 6) is -3.02. The highest BCUT2D eigenvalue weighted by molar-refractivity contribution is 5.75. The lowest BCUT2D eigenvalue weighted by molar-refractivity contribution is -0.205. The monoisotopic (exact) mass is 473 g/mol. The van der Waals surface area contributed by atoms with Crippen molar-refractivity contribution in [1.82, 2.24) is 9.13 Å². The van der Waals surface area contributed by atoms with Gasteiger partial charge in [-0.1, -0.05) is 6.07 Å². The number of halogens is 4. The molecule has 0 saturated carbocycles. The Hall–Kier alpha value is -3.19. The van der Waals surface area contributed by atoms with Crippen LogP contribution in [-0.4, -0.2) is 40.4 Å². The van der Waals surface area contributed by atoms with E-state index in [1.165, 1.54) is 17.7 Å². The number of rotatable bonds is 5. The van der Waals surface area contributed by atoms with Crippen LogP contribution in [0.2, 0.25) is 0 Å². The SMILES string of the molecule is Cn1c(=O)cc(N2CCC[C@@H](N)C2)n(Cc2cc(F)ccc2[C@H](N)OC(=O)C(F)(F)F)c1=O. The number of ether oxygens (including phenoxy) is 1. The highest BCUT2D eigenvalue weighted by Crippen LogP contribution is 2.25. The van der Waals surface area contributed by atoms with Crippen molar-refractivity contribution >= 4 is 11.8 Å². The van der Waals surface area contributed by atoms with Crippen molar-refractivity contribution in [2.45, 2.75) is 37.8 Å². The van der Waals surface area contributed by atoms with Crippen LogP contribution in [0.5, 0.6) is 0 Å². The normalized spacial score (nSPS) is 17.7. The van der Waals surface area contributed by atoms with Crippen molar-refractivity contribution in [3.05, 3.63) is 62.0 Å². The van der Waals surface area contributed by atoms with Gasteiger partial charge < -0.3 is 15.4 Å². The number of piperidine rings is 1. The minimum atomic E-state index is -5.27. The standard InChI is InChI=1S/C20H23F4N5O4/c1-27-16(30)8-15(28-6-2-3-13(25)10-28)29(19(27)32)9-11-7-12(21)4-5-14(11)17(26)33-18(31)20(22,23)24/h4-5,7-8,13,17H,2-3,6,9-10,25-26H2,1H3/t13-,17-/m1/s1. The second-order valence-electron chi connectivity index (χ2n) is 7.78. The Morgan fingerprint density at radius 2 is 1.97 bits per heavy atom. The molecule has 13 heteroatoms. The summed E-state index contributed by atoms with van der Waals surface area (Å²) >= 11 is 0. The maximum Gasteiger partial charge on any atom is 0.490 e. The lowest BCUT2D eigenvalue weighted by atomic mass is 10.1. The fourth-order valence-electron chi connectivity index (χ4n) is 3.69. The lowest BCUT2D eigenvalue weighted by Crippen LogP contribution is -2.47. The molecule has 1 aliphatic heterocycles. The molecule has 4 N–H and O–H groups in total. The van der Waals surface area contributed by atoms with Crippen LogP contribution < -0.4 is 27.6 Å². The molecule has 0 radical (unpaired) electrons. The van der Waals surface area contributed by atoms with E-state index in [1.54, 1.807) is 4.90 Å².